The first kappa shape index (κ1) is 23.0. The number of hydrogen-bond acceptors (Lipinski definition) is 4. The van der Waals surface area contributed by atoms with Gasteiger partial charge in [0, 0.05) is 20.4 Å². The van der Waals surface area contributed by atoms with Crippen LogP contribution in [-0.2, 0) is 6.61 Å². The molecule has 0 aliphatic carbocycles. The molecule has 162 valence electrons. The van der Waals surface area contributed by atoms with Crippen molar-refractivity contribution in [1.82, 2.24) is 5.43 Å². The Balaban J connectivity index is 1.39. The Morgan fingerprint density at radius 2 is 1.88 bits per heavy atom. The van der Waals surface area contributed by atoms with Gasteiger partial charge in [-0.2, -0.15) is 5.10 Å². The van der Waals surface area contributed by atoms with E-state index in [9.17, 15) is 4.79 Å². The zero-order chi connectivity index (χ0) is 22.7. The van der Waals surface area contributed by atoms with E-state index >= 15 is 0 Å². The average Bonchev–Trinajstić information content (AvgIpc) is 3.19. The lowest BCUT2D eigenvalue weighted by Gasteiger charge is -2.10. The summed E-state index contributed by atoms with van der Waals surface area (Å²) < 4.78 is 13.9. The second-order valence-electron chi connectivity index (χ2n) is 6.69. The standard InChI is InChI=1S/C23H14Br3ClN2O3/c24-16-8-15-9-21(32-22(15)18(26)10-16)23(30)29-28-11-13-5-6-20(17(25)7-13)31-12-14-3-1-2-4-19(14)27/h1-11H,12H2,(H,29,30)/b28-11-. The Kier molecular flexibility index (Phi) is 7.35. The summed E-state index contributed by atoms with van der Waals surface area (Å²) in [5.41, 5.74) is 4.75. The van der Waals surface area contributed by atoms with Crippen LogP contribution in [0, 0.1) is 0 Å². The predicted molar refractivity (Wildman–Crippen MR) is 137 cm³/mol. The highest BCUT2D eigenvalue weighted by atomic mass is 79.9. The van der Waals surface area contributed by atoms with E-state index in [0.717, 1.165) is 29.9 Å². The van der Waals surface area contributed by atoms with Crippen LogP contribution in [0.15, 0.2) is 83.6 Å². The van der Waals surface area contributed by atoms with Crippen LogP contribution in [0.4, 0.5) is 0 Å². The molecule has 4 rings (SSSR count). The topological polar surface area (TPSA) is 63.8 Å². The van der Waals surface area contributed by atoms with Crippen LogP contribution in [0.2, 0.25) is 5.02 Å². The molecule has 1 heterocycles. The number of ether oxygens (including phenoxy) is 1. The number of hydrogen-bond donors (Lipinski definition) is 1. The van der Waals surface area contributed by atoms with Crippen molar-refractivity contribution in [3.05, 3.63) is 96.0 Å². The average molecular weight is 642 g/mol. The summed E-state index contributed by atoms with van der Waals surface area (Å²) in [6.07, 6.45) is 1.54. The van der Waals surface area contributed by atoms with Crippen LogP contribution in [0.1, 0.15) is 21.7 Å². The third-order valence-corrected chi connectivity index (χ3v) is 6.47. The van der Waals surface area contributed by atoms with Crippen LogP contribution in [0.25, 0.3) is 11.0 Å². The summed E-state index contributed by atoms with van der Waals surface area (Å²) >= 11 is 16.5. The van der Waals surface area contributed by atoms with E-state index in [1.807, 2.05) is 54.6 Å². The number of fused-ring (bicyclic) bond motifs is 1. The Morgan fingerprint density at radius 3 is 2.66 bits per heavy atom. The molecule has 0 saturated heterocycles. The number of carbonyl (C=O) groups excluding carboxylic acids is 1. The largest absolute Gasteiger partial charge is 0.488 e. The molecule has 0 bridgehead atoms. The lowest BCUT2D eigenvalue weighted by atomic mass is 10.2. The van der Waals surface area contributed by atoms with E-state index in [1.54, 1.807) is 6.07 Å². The fourth-order valence-corrected chi connectivity index (χ4v) is 4.93. The highest BCUT2D eigenvalue weighted by molar-refractivity contribution is 9.11. The minimum atomic E-state index is -0.445. The number of hydrazone groups is 1. The minimum Gasteiger partial charge on any atom is -0.488 e. The Hall–Kier alpha value is -2.13. The van der Waals surface area contributed by atoms with Crippen molar-refractivity contribution in [3.8, 4) is 5.75 Å². The number of halogens is 4. The third-order valence-electron chi connectivity index (χ3n) is 4.44. The summed E-state index contributed by atoms with van der Waals surface area (Å²) in [5.74, 6) is 0.393. The molecule has 1 amide bonds. The SMILES string of the molecule is O=C(N/N=C\c1ccc(OCc2ccccc2Cl)c(Br)c1)c1cc2cc(Br)cc(Br)c2o1. The number of nitrogens with zero attached hydrogens (tertiary/aromatic N) is 1. The number of furan rings is 1. The molecule has 0 spiro atoms. The number of rotatable bonds is 6. The van der Waals surface area contributed by atoms with Gasteiger partial charge in [0.25, 0.3) is 0 Å². The monoisotopic (exact) mass is 638 g/mol. The maximum Gasteiger partial charge on any atom is 0.307 e. The molecule has 32 heavy (non-hydrogen) atoms. The molecule has 0 unspecified atom stereocenters. The first-order valence-corrected chi connectivity index (χ1v) is 12.0. The van der Waals surface area contributed by atoms with Crippen LogP contribution >= 0.6 is 59.4 Å². The highest BCUT2D eigenvalue weighted by Crippen LogP contribution is 2.31. The van der Waals surface area contributed by atoms with Crippen molar-refractivity contribution in [2.75, 3.05) is 0 Å². The van der Waals surface area contributed by atoms with Gasteiger partial charge in [-0.3, -0.25) is 4.79 Å². The zero-order valence-corrected chi connectivity index (χ0v) is 21.8. The normalized spacial score (nSPS) is 11.2. The van der Waals surface area contributed by atoms with Gasteiger partial charge >= 0.3 is 5.91 Å². The number of carbonyl (C=O) groups is 1. The molecule has 0 aliphatic rings. The number of amides is 1. The molecule has 0 fully saturated rings. The van der Waals surface area contributed by atoms with E-state index in [1.165, 1.54) is 6.21 Å². The summed E-state index contributed by atoms with van der Waals surface area (Å²) in [7, 11) is 0. The predicted octanol–water partition coefficient (Wildman–Crippen LogP) is 7.72. The summed E-state index contributed by atoms with van der Waals surface area (Å²) in [6, 6.07) is 18.4. The number of nitrogens with one attached hydrogen (secondary N) is 1. The maximum atomic E-state index is 12.4. The molecule has 9 heteroatoms. The first-order chi connectivity index (χ1) is 15.4. The van der Waals surface area contributed by atoms with E-state index in [2.05, 4.69) is 58.3 Å². The molecule has 0 saturated carbocycles. The molecule has 1 aromatic heterocycles. The lowest BCUT2D eigenvalue weighted by molar-refractivity contribution is 0.0929. The van der Waals surface area contributed by atoms with Gasteiger partial charge in [0.2, 0.25) is 0 Å². The Morgan fingerprint density at radius 1 is 1.06 bits per heavy atom. The highest BCUT2D eigenvalue weighted by Gasteiger charge is 2.14. The zero-order valence-electron chi connectivity index (χ0n) is 16.2. The van der Waals surface area contributed by atoms with Crippen molar-refractivity contribution in [2.45, 2.75) is 6.61 Å². The third kappa shape index (κ3) is 5.43. The molecular weight excluding hydrogens is 627 g/mol. The smallest absolute Gasteiger partial charge is 0.307 e. The molecule has 4 aromatic rings. The molecule has 1 N–H and O–H groups in total. The summed E-state index contributed by atoms with van der Waals surface area (Å²) in [4.78, 5) is 12.4. The van der Waals surface area contributed by atoms with E-state index in [4.69, 9.17) is 20.8 Å². The van der Waals surface area contributed by atoms with Crippen LogP contribution < -0.4 is 10.2 Å². The fourth-order valence-electron chi connectivity index (χ4n) is 2.89. The fraction of sp³-hybridized carbons (Fsp3) is 0.0435. The van der Waals surface area contributed by atoms with Crippen molar-refractivity contribution >= 4 is 82.5 Å². The maximum absolute atomic E-state index is 12.4. The molecule has 0 atom stereocenters. The van der Waals surface area contributed by atoms with Gasteiger partial charge in [0.05, 0.1) is 15.2 Å². The van der Waals surface area contributed by atoms with Crippen LogP contribution in [0.5, 0.6) is 5.75 Å². The Labute approximate surface area is 214 Å². The molecule has 0 radical (unpaired) electrons. The van der Waals surface area contributed by atoms with Crippen LogP contribution in [0.3, 0.4) is 0 Å². The van der Waals surface area contributed by atoms with Gasteiger partial charge in [-0.05, 0) is 79.9 Å². The van der Waals surface area contributed by atoms with Gasteiger partial charge in [0.1, 0.15) is 17.9 Å². The van der Waals surface area contributed by atoms with Crippen molar-refractivity contribution < 1.29 is 13.9 Å². The summed E-state index contributed by atoms with van der Waals surface area (Å²) in [5, 5.41) is 5.48. The van der Waals surface area contributed by atoms with Gasteiger partial charge < -0.3 is 9.15 Å². The summed E-state index contributed by atoms with van der Waals surface area (Å²) in [6.45, 7) is 0.353. The van der Waals surface area contributed by atoms with Gasteiger partial charge in [-0.25, -0.2) is 5.43 Å². The van der Waals surface area contributed by atoms with Gasteiger partial charge in [-0.15, -0.1) is 0 Å². The molecular formula is C23H14Br3ClN2O3. The quantitative estimate of drug-likeness (QED) is 0.173. The molecule has 5 nitrogen and oxygen atoms in total. The van der Waals surface area contributed by atoms with Gasteiger partial charge in [-0.1, -0.05) is 45.7 Å². The van der Waals surface area contributed by atoms with Crippen molar-refractivity contribution in [2.24, 2.45) is 5.10 Å². The molecule has 3 aromatic carbocycles. The van der Waals surface area contributed by atoms with E-state index in [-0.39, 0.29) is 5.76 Å². The van der Waals surface area contributed by atoms with Crippen LogP contribution in [-0.4, -0.2) is 12.1 Å². The Bertz CT molecular complexity index is 1340. The van der Waals surface area contributed by atoms with E-state index < -0.39 is 5.91 Å². The second-order valence-corrected chi connectivity index (χ2v) is 9.72. The van der Waals surface area contributed by atoms with Crippen molar-refractivity contribution in [1.29, 1.82) is 0 Å². The molecule has 0 aliphatic heterocycles. The minimum absolute atomic E-state index is 0.167. The van der Waals surface area contributed by atoms with E-state index in [0.29, 0.717) is 23.0 Å². The van der Waals surface area contributed by atoms with Crippen molar-refractivity contribution in [3.63, 3.8) is 0 Å². The van der Waals surface area contributed by atoms with Gasteiger partial charge in [0.15, 0.2) is 5.76 Å². The number of benzene rings is 3. The lowest BCUT2D eigenvalue weighted by Crippen LogP contribution is -2.16. The first-order valence-electron chi connectivity index (χ1n) is 9.28. The second kappa shape index (κ2) is 10.2.